The van der Waals surface area contributed by atoms with Crippen LogP contribution in [-0.2, 0) is 0 Å². The van der Waals surface area contributed by atoms with Gasteiger partial charge in [0.25, 0.3) is 0 Å². The molecule has 0 saturated carbocycles. The number of benzene rings is 1. The fourth-order valence-corrected chi connectivity index (χ4v) is 3.63. The fourth-order valence-electron chi connectivity index (χ4n) is 2.67. The molecule has 0 radical (unpaired) electrons. The van der Waals surface area contributed by atoms with Gasteiger partial charge in [0.2, 0.25) is 0 Å². The van der Waals surface area contributed by atoms with Crippen molar-refractivity contribution in [3.05, 3.63) is 52.2 Å². The van der Waals surface area contributed by atoms with Crippen LogP contribution in [0.4, 0.5) is 0 Å². The summed E-state index contributed by atoms with van der Waals surface area (Å²) >= 11 is 1.82. The molecule has 1 aromatic heterocycles. The van der Waals surface area contributed by atoms with Crippen molar-refractivity contribution >= 4 is 11.3 Å². The van der Waals surface area contributed by atoms with Crippen LogP contribution in [0, 0.1) is 5.92 Å². The van der Waals surface area contributed by atoms with Crippen molar-refractivity contribution in [1.82, 2.24) is 5.32 Å². The van der Waals surface area contributed by atoms with Gasteiger partial charge in [0.1, 0.15) is 5.75 Å². The van der Waals surface area contributed by atoms with E-state index in [9.17, 15) is 0 Å². The summed E-state index contributed by atoms with van der Waals surface area (Å²) in [7, 11) is 1.74. The van der Waals surface area contributed by atoms with Crippen LogP contribution < -0.4 is 10.1 Å². The lowest BCUT2D eigenvalue weighted by Crippen LogP contribution is -2.29. The summed E-state index contributed by atoms with van der Waals surface area (Å²) in [5.74, 6) is 1.51. The molecule has 21 heavy (non-hydrogen) atoms. The van der Waals surface area contributed by atoms with Crippen molar-refractivity contribution in [3.8, 4) is 5.75 Å². The molecule has 2 nitrogen and oxygen atoms in total. The number of para-hydroxylation sites is 1. The minimum atomic E-state index is 0.302. The molecule has 2 atom stereocenters. The Kier molecular flexibility index (Phi) is 5.83. The lowest BCUT2D eigenvalue weighted by atomic mass is 9.97. The Morgan fingerprint density at radius 1 is 1.14 bits per heavy atom. The Balaban J connectivity index is 2.24. The molecule has 0 fully saturated rings. The zero-order chi connectivity index (χ0) is 15.2. The highest BCUT2D eigenvalue weighted by Crippen LogP contribution is 2.33. The predicted molar refractivity (Wildman–Crippen MR) is 91.1 cm³/mol. The number of hydrogen-bond acceptors (Lipinski definition) is 3. The lowest BCUT2D eigenvalue weighted by molar-refractivity contribution is 0.347. The first-order valence-corrected chi connectivity index (χ1v) is 8.47. The van der Waals surface area contributed by atoms with E-state index < -0.39 is 0 Å². The summed E-state index contributed by atoms with van der Waals surface area (Å²) in [4.78, 5) is 1.40. The minimum absolute atomic E-state index is 0.302. The van der Waals surface area contributed by atoms with E-state index >= 15 is 0 Å². The Labute approximate surface area is 132 Å². The molecule has 0 aliphatic heterocycles. The summed E-state index contributed by atoms with van der Waals surface area (Å²) in [5, 5.41) is 5.98. The first-order chi connectivity index (χ1) is 10.2. The minimum Gasteiger partial charge on any atom is -0.496 e. The molecule has 0 amide bonds. The van der Waals surface area contributed by atoms with Gasteiger partial charge in [-0.05, 0) is 29.9 Å². The van der Waals surface area contributed by atoms with Crippen LogP contribution in [0.2, 0.25) is 0 Å². The third-order valence-corrected chi connectivity index (χ3v) is 4.78. The molecule has 1 aromatic carbocycles. The molecule has 1 N–H and O–H groups in total. The van der Waals surface area contributed by atoms with E-state index in [2.05, 4.69) is 55.7 Å². The number of nitrogens with one attached hydrogen (secondary N) is 1. The van der Waals surface area contributed by atoms with Gasteiger partial charge >= 0.3 is 0 Å². The zero-order valence-electron chi connectivity index (χ0n) is 13.3. The van der Waals surface area contributed by atoms with Crippen molar-refractivity contribution in [2.75, 3.05) is 7.11 Å². The van der Waals surface area contributed by atoms with Gasteiger partial charge in [-0.1, -0.05) is 45.0 Å². The first kappa shape index (κ1) is 16.1. The molecule has 0 bridgehead atoms. The number of hydrogen-bond donors (Lipinski definition) is 1. The second-order valence-electron chi connectivity index (χ2n) is 5.61. The van der Waals surface area contributed by atoms with E-state index in [-0.39, 0.29) is 0 Å². The number of rotatable bonds is 7. The molecular formula is C18H25NOS. The number of ether oxygens (including phenoxy) is 1. The third kappa shape index (κ3) is 3.86. The maximum Gasteiger partial charge on any atom is 0.123 e. The molecular weight excluding hydrogens is 278 g/mol. The smallest absolute Gasteiger partial charge is 0.123 e. The van der Waals surface area contributed by atoms with Crippen LogP contribution in [0.25, 0.3) is 0 Å². The first-order valence-electron chi connectivity index (χ1n) is 7.59. The van der Waals surface area contributed by atoms with E-state index in [1.54, 1.807) is 7.11 Å². The van der Waals surface area contributed by atoms with Crippen molar-refractivity contribution in [1.29, 1.82) is 0 Å². The highest BCUT2D eigenvalue weighted by molar-refractivity contribution is 7.10. The van der Waals surface area contributed by atoms with Gasteiger partial charge in [-0.25, -0.2) is 0 Å². The average Bonchev–Trinajstić information content (AvgIpc) is 3.02. The van der Waals surface area contributed by atoms with Crippen molar-refractivity contribution in [2.45, 2.75) is 39.3 Å². The third-order valence-electron chi connectivity index (χ3n) is 3.82. The molecule has 2 aromatic rings. The Morgan fingerprint density at radius 2 is 1.90 bits per heavy atom. The Morgan fingerprint density at radius 3 is 2.48 bits per heavy atom. The van der Waals surface area contributed by atoms with Crippen LogP contribution in [0.15, 0.2) is 41.8 Å². The second kappa shape index (κ2) is 7.62. The molecule has 1 heterocycles. The van der Waals surface area contributed by atoms with E-state index in [1.165, 1.54) is 10.4 Å². The highest BCUT2D eigenvalue weighted by atomic mass is 32.1. The summed E-state index contributed by atoms with van der Waals surface area (Å²) in [6.45, 7) is 6.76. The molecule has 0 spiro atoms. The maximum absolute atomic E-state index is 5.52. The van der Waals surface area contributed by atoms with Crippen LogP contribution in [0.5, 0.6) is 5.75 Å². The van der Waals surface area contributed by atoms with E-state index in [1.807, 2.05) is 23.5 Å². The molecule has 0 aliphatic carbocycles. The summed E-state index contributed by atoms with van der Waals surface area (Å²) < 4.78 is 5.52. The van der Waals surface area contributed by atoms with E-state index in [4.69, 9.17) is 4.74 Å². The quantitative estimate of drug-likeness (QED) is 0.759. The van der Waals surface area contributed by atoms with E-state index in [0.29, 0.717) is 18.0 Å². The van der Waals surface area contributed by atoms with Gasteiger partial charge < -0.3 is 10.1 Å². The van der Waals surface area contributed by atoms with Crippen LogP contribution in [0.1, 0.15) is 49.7 Å². The SMILES string of the molecule is CCC(NC(c1cccs1)C(C)C)c1ccccc1OC. The second-order valence-corrected chi connectivity index (χ2v) is 6.59. The van der Waals surface area contributed by atoms with Gasteiger partial charge in [-0.3, -0.25) is 0 Å². The molecule has 114 valence electrons. The number of thiophene rings is 1. The van der Waals surface area contributed by atoms with Gasteiger partial charge in [0, 0.05) is 22.5 Å². The van der Waals surface area contributed by atoms with Crippen LogP contribution in [0.3, 0.4) is 0 Å². The standard InChI is InChI=1S/C18H25NOS/c1-5-15(14-9-6-7-10-16(14)20-4)19-18(13(2)3)17-11-8-12-21-17/h6-13,15,18-19H,5H2,1-4H3. The molecule has 2 rings (SSSR count). The Bertz CT molecular complexity index is 536. The van der Waals surface area contributed by atoms with Crippen LogP contribution >= 0.6 is 11.3 Å². The number of methoxy groups -OCH3 is 1. The predicted octanol–water partition coefficient (Wildman–Crippen LogP) is 5.19. The fraction of sp³-hybridized carbons (Fsp3) is 0.444. The normalized spacial score (nSPS) is 14.1. The summed E-state index contributed by atoms with van der Waals surface area (Å²) in [6.07, 6.45) is 1.04. The highest BCUT2D eigenvalue weighted by Gasteiger charge is 2.22. The monoisotopic (exact) mass is 303 g/mol. The summed E-state index contributed by atoms with van der Waals surface area (Å²) in [6, 6.07) is 13.3. The van der Waals surface area contributed by atoms with Crippen LogP contribution in [-0.4, -0.2) is 7.11 Å². The van der Waals surface area contributed by atoms with Gasteiger partial charge in [-0.15, -0.1) is 11.3 Å². The summed E-state index contributed by atoms with van der Waals surface area (Å²) in [5.41, 5.74) is 1.24. The topological polar surface area (TPSA) is 21.3 Å². The largest absolute Gasteiger partial charge is 0.496 e. The molecule has 3 heteroatoms. The van der Waals surface area contributed by atoms with Crippen molar-refractivity contribution < 1.29 is 4.74 Å². The average molecular weight is 303 g/mol. The molecule has 0 aliphatic rings. The maximum atomic E-state index is 5.52. The van der Waals surface area contributed by atoms with Crippen molar-refractivity contribution in [3.63, 3.8) is 0 Å². The zero-order valence-corrected chi connectivity index (χ0v) is 14.1. The Hall–Kier alpha value is -1.32. The molecule has 2 unspecified atom stereocenters. The van der Waals surface area contributed by atoms with Gasteiger partial charge in [0.05, 0.1) is 7.11 Å². The van der Waals surface area contributed by atoms with Crippen molar-refractivity contribution in [2.24, 2.45) is 5.92 Å². The molecule has 0 saturated heterocycles. The lowest BCUT2D eigenvalue weighted by Gasteiger charge is -2.28. The van der Waals surface area contributed by atoms with Gasteiger partial charge in [-0.2, -0.15) is 0 Å². The van der Waals surface area contributed by atoms with E-state index in [0.717, 1.165) is 12.2 Å². The van der Waals surface area contributed by atoms with Gasteiger partial charge in [0.15, 0.2) is 0 Å².